The number of nitrogens with zero attached hydrogens (tertiary/aromatic N) is 2. The van der Waals surface area contributed by atoms with E-state index < -0.39 is 23.0 Å². The summed E-state index contributed by atoms with van der Waals surface area (Å²) in [7, 11) is 0. The maximum atomic E-state index is 13.5. The van der Waals surface area contributed by atoms with Gasteiger partial charge < -0.3 is 4.90 Å². The van der Waals surface area contributed by atoms with E-state index in [-0.39, 0.29) is 22.4 Å². The molecule has 0 aliphatic carbocycles. The Morgan fingerprint density at radius 2 is 1.84 bits per heavy atom. The van der Waals surface area contributed by atoms with Crippen molar-refractivity contribution in [2.24, 2.45) is 0 Å². The number of H-pyrrole nitrogens is 1. The van der Waals surface area contributed by atoms with Gasteiger partial charge >= 0.3 is 6.18 Å². The third-order valence-electron chi connectivity index (χ3n) is 4.04. The predicted octanol–water partition coefficient (Wildman–Crippen LogP) is 4.29. The average Bonchev–Trinajstić information content (AvgIpc) is 3.06. The minimum atomic E-state index is -4.73. The SMILES string of the molecule is O=c1[nH]c(N2CCCC2)nc(C(F)(F)F)c1Cc1ccc(Cl)c(Cl)c1. The quantitative estimate of drug-likeness (QED) is 0.848. The van der Waals surface area contributed by atoms with Crippen molar-refractivity contribution in [3.63, 3.8) is 0 Å². The minimum absolute atomic E-state index is 0.0345. The van der Waals surface area contributed by atoms with Crippen molar-refractivity contribution < 1.29 is 13.2 Å². The Hall–Kier alpha value is -1.73. The summed E-state index contributed by atoms with van der Waals surface area (Å²) < 4.78 is 40.4. The number of benzene rings is 1. The number of aromatic amines is 1. The molecule has 0 radical (unpaired) electrons. The third kappa shape index (κ3) is 3.93. The molecule has 0 spiro atoms. The number of halogens is 5. The van der Waals surface area contributed by atoms with Gasteiger partial charge in [0.15, 0.2) is 5.69 Å². The fourth-order valence-electron chi connectivity index (χ4n) is 2.82. The molecular formula is C16H14Cl2F3N3O. The van der Waals surface area contributed by atoms with Crippen molar-refractivity contribution in [2.45, 2.75) is 25.4 Å². The average molecular weight is 392 g/mol. The number of nitrogens with one attached hydrogen (secondary N) is 1. The van der Waals surface area contributed by atoms with Crippen LogP contribution in [0.25, 0.3) is 0 Å². The molecule has 0 amide bonds. The Morgan fingerprint density at radius 3 is 2.44 bits per heavy atom. The summed E-state index contributed by atoms with van der Waals surface area (Å²) in [6.45, 7) is 1.15. The van der Waals surface area contributed by atoms with E-state index >= 15 is 0 Å². The van der Waals surface area contributed by atoms with Gasteiger partial charge in [0, 0.05) is 19.5 Å². The van der Waals surface area contributed by atoms with Gasteiger partial charge in [0.05, 0.1) is 15.6 Å². The van der Waals surface area contributed by atoms with Crippen LogP contribution in [0.4, 0.5) is 19.1 Å². The number of alkyl halides is 3. The van der Waals surface area contributed by atoms with Gasteiger partial charge in [-0.15, -0.1) is 0 Å². The zero-order valence-electron chi connectivity index (χ0n) is 13.0. The van der Waals surface area contributed by atoms with Gasteiger partial charge in [-0.25, -0.2) is 4.98 Å². The molecule has 2 aromatic rings. The van der Waals surface area contributed by atoms with Gasteiger partial charge in [-0.05, 0) is 30.5 Å². The lowest BCUT2D eigenvalue weighted by molar-refractivity contribution is -0.141. The Bertz CT molecular complexity index is 845. The second kappa shape index (κ2) is 6.88. The second-order valence-electron chi connectivity index (χ2n) is 5.83. The van der Waals surface area contributed by atoms with Crippen LogP contribution in [0.3, 0.4) is 0 Å². The highest BCUT2D eigenvalue weighted by Crippen LogP contribution is 2.32. The molecule has 1 aromatic carbocycles. The smallest absolute Gasteiger partial charge is 0.342 e. The number of rotatable bonds is 3. The van der Waals surface area contributed by atoms with Crippen LogP contribution in [-0.4, -0.2) is 23.1 Å². The molecule has 3 rings (SSSR count). The largest absolute Gasteiger partial charge is 0.433 e. The molecule has 25 heavy (non-hydrogen) atoms. The molecule has 9 heteroatoms. The van der Waals surface area contributed by atoms with Crippen molar-refractivity contribution in [3.05, 3.63) is 55.4 Å². The summed E-state index contributed by atoms with van der Waals surface area (Å²) in [5, 5.41) is 0.503. The lowest BCUT2D eigenvalue weighted by Gasteiger charge is -2.19. The van der Waals surface area contributed by atoms with Gasteiger partial charge in [0.1, 0.15) is 0 Å². The van der Waals surface area contributed by atoms with E-state index in [2.05, 4.69) is 9.97 Å². The molecule has 0 atom stereocenters. The lowest BCUT2D eigenvalue weighted by Crippen LogP contribution is -2.29. The normalized spacial score (nSPS) is 15.0. The second-order valence-corrected chi connectivity index (χ2v) is 6.65. The summed E-state index contributed by atoms with van der Waals surface area (Å²) in [6.07, 6.45) is -3.26. The topological polar surface area (TPSA) is 49.0 Å². The number of hydrogen-bond acceptors (Lipinski definition) is 3. The first-order valence-electron chi connectivity index (χ1n) is 7.65. The van der Waals surface area contributed by atoms with Crippen molar-refractivity contribution >= 4 is 29.2 Å². The molecular weight excluding hydrogens is 378 g/mol. The third-order valence-corrected chi connectivity index (χ3v) is 4.78. The van der Waals surface area contributed by atoms with Crippen LogP contribution >= 0.6 is 23.2 Å². The van der Waals surface area contributed by atoms with E-state index in [9.17, 15) is 18.0 Å². The first-order chi connectivity index (χ1) is 11.8. The first-order valence-corrected chi connectivity index (χ1v) is 8.40. The summed E-state index contributed by atoms with van der Waals surface area (Å²) in [6, 6.07) is 4.45. The van der Waals surface area contributed by atoms with Crippen LogP contribution in [0.15, 0.2) is 23.0 Å². The standard InChI is InChI=1S/C16H14Cl2F3N3O/c17-11-4-3-9(8-12(11)18)7-10-13(16(19,20)21)22-15(23-14(10)25)24-5-1-2-6-24/h3-4,8H,1-2,5-7H2,(H,22,23,25). The van der Waals surface area contributed by atoms with Crippen molar-refractivity contribution in [3.8, 4) is 0 Å². The van der Waals surface area contributed by atoms with E-state index in [1.807, 2.05) is 0 Å². The lowest BCUT2D eigenvalue weighted by atomic mass is 10.0. The molecule has 0 saturated carbocycles. The fourth-order valence-corrected chi connectivity index (χ4v) is 3.14. The summed E-state index contributed by atoms with van der Waals surface area (Å²) in [5.74, 6) is -0.0345. The maximum absolute atomic E-state index is 13.5. The van der Waals surface area contributed by atoms with Crippen LogP contribution in [-0.2, 0) is 12.6 Å². The highest BCUT2D eigenvalue weighted by Gasteiger charge is 2.38. The molecule has 1 fully saturated rings. The zero-order chi connectivity index (χ0) is 18.2. The molecule has 1 aliphatic rings. The monoisotopic (exact) mass is 391 g/mol. The van der Waals surface area contributed by atoms with E-state index in [1.165, 1.54) is 18.2 Å². The Morgan fingerprint density at radius 1 is 1.16 bits per heavy atom. The summed E-state index contributed by atoms with van der Waals surface area (Å²) in [4.78, 5) is 20.2. The summed E-state index contributed by atoms with van der Waals surface area (Å²) in [5.41, 5.74) is -1.95. The summed E-state index contributed by atoms with van der Waals surface area (Å²) >= 11 is 11.7. The minimum Gasteiger partial charge on any atom is -0.342 e. The van der Waals surface area contributed by atoms with Gasteiger partial charge in [-0.1, -0.05) is 29.3 Å². The number of hydrogen-bond donors (Lipinski definition) is 1. The van der Waals surface area contributed by atoms with Crippen molar-refractivity contribution in [2.75, 3.05) is 18.0 Å². The highest BCUT2D eigenvalue weighted by molar-refractivity contribution is 6.42. The Balaban J connectivity index is 2.05. The number of anilines is 1. The van der Waals surface area contributed by atoms with E-state index in [0.29, 0.717) is 18.7 Å². The molecule has 1 aromatic heterocycles. The molecule has 134 valence electrons. The van der Waals surface area contributed by atoms with Crippen LogP contribution in [0, 0.1) is 0 Å². The van der Waals surface area contributed by atoms with E-state index in [1.54, 1.807) is 4.90 Å². The Kier molecular flexibility index (Phi) is 4.97. The Labute approximate surface area is 151 Å². The van der Waals surface area contributed by atoms with Gasteiger partial charge in [-0.3, -0.25) is 9.78 Å². The first kappa shape index (κ1) is 18.1. The van der Waals surface area contributed by atoms with E-state index in [0.717, 1.165) is 12.8 Å². The molecule has 0 unspecified atom stereocenters. The zero-order valence-corrected chi connectivity index (χ0v) is 14.5. The van der Waals surface area contributed by atoms with E-state index in [4.69, 9.17) is 23.2 Å². The van der Waals surface area contributed by atoms with Crippen molar-refractivity contribution in [1.82, 2.24) is 9.97 Å². The number of aromatic nitrogens is 2. The van der Waals surface area contributed by atoms with Gasteiger partial charge in [0.2, 0.25) is 5.95 Å². The van der Waals surface area contributed by atoms with Gasteiger partial charge in [0.25, 0.3) is 5.56 Å². The molecule has 1 aliphatic heterocycles. The predicted molar refractivity (Wildman–Crippen MR) is 90.6 cm³/mol. The van der Waals surface area contributed by atoms with Crippen molar-refractivity contribution in [1.29, 1.82) is 0 Å². The molecule has 1 N–H and O–H groups in total. The molecule has 1 saturated heterocycles. The fraction of sp³-hybridized carbons (Fsp3) is 0.375. The van der Waals surface area contributed by atoms with Crippen LogP contribution in [0.1, 0.15) is 29.7 Å². The highest BCUT2D eigenvalue weighted by atomic mass is 35.5. The molecule has 4 nitrogen and oxygen atoms in total. The molecule has 0 bridgehead atoms. The maximum Gasteiger partial charge on any atom is 0.433 e. The molecule has 2 heterocycles. The van der Waals surface area contributed by atoms with Gasteiger partial charge in [-0.2, -0.15) is 13.2 Å². The van der Waals surface area contributed by atoms with Crippen LogP contribution in [0.5, 0.6) is 0 Å². The van der Waals surface area contributed by atoms with Crippen LogP contribution in [0.2, 0.25) is 10.0 Å². The van der Waals surface area contributed by atoms with Crippen LogP contribution < -0.4 is 10.5 Å².